The lowest BCUT2D eigenvalue weighted by Gasteiger charge is -2.50. The molecule has 2 aromatic rings. The van der Waals surface area contributed by atoms with E-state index in [4.69, 9.17) is 27.9 Å². The van der Waals surface area contributed by atoms with Crippen molar-refractivity contribution >= 4 is 58.2 Å². The van der Waals surface area contributed by atoms with Crippen LogP contribution in [0.2, 0.25) is 0 Å². The van der Waals surface area contributed by atoms with Crippen LogP contribution in [0.5, 0.6) is 11.5 Å². The van der Waals surface area contributed by atoms with Gasteiger partial charge in [-0.15, -0.1) is 34.5 Å². The van der Waals surface area contributed by atoms with E-state index >= 15 is 0 Å². The molecule has 4 amide bonds. The Morgan fingerprint density at radius 2 is 1.87 bits per heavy atom. The maximum Gasteiger partial charge on any atom is 0.253 e. The largest absolute Gasteiger partial charge is 0.504 e. The zero-order valence-electron chi connectivity index (χ0n) is 21.2. The summed E-state index contributed by atoms with van der Waals surface area (Å²) >= 11 is 15.8. The number of ether oxygens (including phenoxy) is 1. The number of carbonyl (C=O) groups is 4. The molecule has 1 N–H and O–H groups in total. The van der Waals surface area contributed by atoms with Crippen molar-refractivity contribution in [1.29, 1.82) is 0 Å². The fraction of sp³-hybridized carbons (Fsp3) is 0.429. The van der Waals surface area contributed by atoms with E-state index in [1.54, 1.807) is 19.1 Å². The van der Waals surface area contributed by atoms with Crippen LogP contribution in [0.25, 0.3) is 0 Å². The highest BCUT2D eigenvalue weighted by Gasteiger charge is 2.75. The van der Waals surface area contributed by atoms with Gasteiger partial charge in [0.05, 0.1) is 25.0 Å². The van der Waals surface area contributed by atoms with Crippen LogP contribution in [0.4, 0.5) is 0 Å². The van der Waals surface area contributed by atoms with Gasteiger partial charge in [0.25, 0.3) is 11.8 Å². The number of alkyl halides is 2. The van der Waals surface area contributed by atoms with Gasteiger partial charge in [0.15, 0.2) is 21.2 Å². The summed E-state index contributed by atoms with van der Waals surface area (Å²) in [4.78, 5) is 53.9. The number of thiophene rings is 1. The van der Waals surface area contributed by atoms with Gasteiger partial charge < -0.3 is 9.84 Å². The van der Waals surface area contributed by atoms with Crippen molar-refractivity contribution in [3.63, 3.8) is 0 Å². The maximum absolute atomic E-state index is 13.8. The number of fused-ring (bicyclic) bond motifs is 4. The minimum atomic E-state index is -1.88. The molecular weight excluding hydrogens is 563 g/mol. The van der Waals surface area contributed by atoms with Crippen LogP contribution in [0.15, 0.2) is 47.4 Å². The third-order valence-electron chi connectivity index (χ3n) is 8.62. The minimum absolute atomic E-state index is 0.0568. The monoisotopic (exact) mass is 588 g/mol. The van der Waals surface area contributed by atoms with E-state index in [0.717, 1.165) is 9.78 Å². The summed E-state index contributed by atoms with van der Waals surface area (Å²) in [7, 11) is 1.35. The second-order valence-corrected chi connectivity index (χ2v) is 12.8. The number of allylic oxidation sites excluding steroid dienone is 2. The third kappa shape index (κ3) is 3.49. The van der Waals surface area contributed by atoms with Crippen molar-refractivity contribution in [2.24, 2.45) is 17.8 Å². The number of phenolic OH excluding ortho intramolecular Hbond substituents is 1. The van der Waals surface area contributed by atoms with Crippen molar-refractivity contribution < 1.29 is 29.0 Å². The van der Waals surface area contributed by atoms with E-state index in [9.17, 15) is 24.3 Å². The predicted molar refractivity (Wildman–Crippen MR) is 145 cm³/mol. The van der Waals surface area contributed by atoms with Gasteiger partial charge in [-0.1, -0.05) is 23.8 Å². The van der Waals surface area contributed by atoms with Crippen LogP contribution in [-0.2, 0) is 25.7 Å². The summed E-state index contributed by atoms with van der Waals surface area (Å²) in [6.07, 6.45) is 2.13. The average molecular weight is 589 g/mol. The first kappa shape index (κ1) is 26.3. The molecule has 39 heavy (non-hydrogen) atoms. The zero-order chi connectivity index (χ0) is 27.9. The van der Waals surface area contributed by atoms with Crippen molar-refractivity contribution in [3.05, 3.63) is 57.8 Å². The number of halogens is 2. The molecule has 3 heterocycles. The van der Waals surface area contributed by atoms with Crippen molar-refractivity contribution in [3.8, 4) is 11.5 Å². The first-order valence-corrected chi connectivity index (χ1v) is 14.4. The molecule has 2 aliphatic heterocycles. The highest BCUT2D eigenvalue weighted by Crippen LogP contribution is 2.65. The van der Waals surface area contributed by atoms with E-state index in [2.05, 4.69) is 0 Å². The van der Waals surface area contributed by atoms with E-state index in [0.29, 0.717) is 24.2 Å². The first-order chi connectivity index (χ1) is 18.5. The number of carbonyl (C=O) groups excluding carboxylic acids is 4. The zero-order valence-corrected chi connectivity index (χ0v) is 23.6. The molecule has 1 aromatic heterocycles. The highest BCUT2D eigenvalue weighted by molar-refractivity contribution is 7.09. The Labute approximate surface area is 239 Å². The second-order valence-electron chi connectivity index (χ2n) is 10.5. The van der Waals surface area contributed by atoms with Crippen LogP contribution in [-0.4, -0.2) is 61.9 Å². The fourth-order valence-electron chi connectivity index (χ4n) is 6.88. The third-order valence-corrected chi connectivity index (χ3v) is 10.9. The number of benzene rings is 1. The van der Waals surface area contributed by atoms with Gasteiger partial charge in [-0.05, 0) is 54.8 Å². The van der Waals surface area contributed by atoms with Gasteiger partial charge in [-0.25, -0.2) is 0 Å². The van der Waals surface area contributed by atoms with Gasteiger partial charge in [-0.2, -0.15) is 0 Å². The van der Waals surface area contributed by atoms with Crippen LogP contribution < -0.4 is 4.74 Å². The summed E-state index contributed by atoms with van der Waals surface area (Å²) in [6, 6.07) is 8.42. The Morgan fingerprint density at radius 3 is 2.56 bits per heavy atom. The molecule has 8 nitrogen and oxygen atoms in total. The quantitative estimate of drug-likeness (QED) is 0.321. The predicted octanol–water partition coefficient (Wildman–Crippen LogP) is 4.04. The van der Waals surface area contributed by atoms with E-state index in [1.807, 2.05) is 23.6 Å². The molecule has 204 valence electrons. The number of rotatable bonds is 5. The molecule has 1 saturated carbocycles. The van der Waals surface area contributed by atoms with Crippen LogP contribution >= 0.6 is 34.5 Å². The van der Waals surface area contributed by atoms with E-state index in [-0.39, 0.29) is 36.3 Å². The summed E-state index contributed by atoms with van der Waals surface area (Å²) < 4.78 is 5.59. The fourth-order valence-corrected chi connectivity index (χ4v) is 8.59. The molecule has 11 heteroatoms. The average Bonchev–Trinajstić information content (AvgIpc) is 3.55. The summed E-state index contributed by atoms with van der Waals surface area (Å²) in [5.74, 6) is -4.49. The number of hydrogen-bond donors (Lipinski definition) is 1. The van der Waals surface area contributed by atoms with Gasteiger partial charge in [0, 0.05) is 17.8 Å². The number of hydrogen-bond acceptors (Lipinski definition) is 7. The number of imide groups is 2. The minimum Gasteiger partial charge on any atom is -0.504 e. The van der Waals surface area contributed by atoms with Gasteiger partial charge >= 0.3 is 0 Å². The molecule has 0 radical (unpaired) electrons. The number of aromatic hydroxyl groups is 1. The molecule has 3 fully saturated rings. The van der Waals surface area contributed by atoms with Crippen molar-refractivity contribution in [2.75, 3.05) is 13.7 Å². The molecule has 4 aliphatic rings. The highest BCUT2D eigenvalue weighted by atomic mass is 35.5. The van der Waals surface area contributed by atoms with Gasteiger partial charge in [-0.3, -0.25) is 29.0 Å². The van der Waals surface area contributed by atoms with Crippen molar-refractivity contribution in [1.82, 2.24) is 9.80 Å². The van der Waals surface area contributed by atoms with Crippen LogP contribution in [0.3, 0.4) is 0 Å². The molecule has 0 spiro atoms. The molecule has 2 aliphatic carbocycles. The SMILES string of the molecule is CCOc1cc([C@H]2C3=CC[C@@H]4C(=O)N(Cc5cccs5)C(=O)[C@@H]4[C@@H]3C[C@@]3(Cl)C(=O)N(C)C(=O)[C@@]23Cl)ccc1O. The van der Waals surface area contributed by atoms with Gasteiger partial charge in [0.2, 0.25) is 11.8 Å². The Hall–Kier alpha value is -2.88. The number of amides is 4. The molecule has 0 unspecified atom stereocenters. The number of nitrogens with zero attached hydrogens (tertiary/aromatic N) is 2. The van der Waals surface area contributed by atoms with E-state index < -0.39 is 45.2 Å². The Morgan fingerprint density at radius 1 is 1.10 bits per heavy atom. The molecular formula is C28H26Cl2N2O6S. The standard InChI is InChI=1S/C28H26Cl2N2O6S/c1-3-38-20-11-14(6-9-19(20)33)22-16-7-8-17-21(24(35)32(23(17)34)13-15-5-4-10-39-15)18(16)12-27(29)25(36)31(2)26(37)28(22,27)30/h4-7,9-11,17-18,21-22,33H,3,8,12-13H2,1-2H3/t17-,18+,21-,22-,27+,28-/m0/s1. The normalized spacial score (nSPS) is 33.7. The molecule has 2 saturated heterocycles. The summed E-state index contributed by atoms with van der Waals surface area (Å²) in [5.41, 5.74) is 1.22. The topological polar surface area (TPSA) is 104 Å². The molecule has 1 aromatic carbocycles. The molecule has 6 rings (SSSR count). The Bertz CT molecular complexity index is 1440. The summed E-state index contributed by atoms with van der Waals surface area (Å²) in [5, 5.41) is 12.2. The smallest absolute Gasteiger partial charge is 0.253 e. The second kappa shape index (κ2) is 9.08. The van der Waals surface area contributed by atoms with Crippen LogP contribution in [0.1, 0.15) is 36.1 Å². The van der Waals surface area contributed by atoms with E-state index in [1.165, 1.54) is 29.4 Å². The van der Waals surface area contributed by atoms with Crippen molar-refractivity contribution in [2.45, 2.75) is 42.0 Å². The maximum atomic E-state index is 13.8. The van der Waals surface area contributed by atoms with Gasteiger partial charge in [0.1, 0.15) is 0 Å². The van der Waals surface area contributed by atoms with Crippen LogP contribution in [0, 0.1) is 17.8 Å². The number of likely N-dealkylation sites (tertiary alicyclic amines) is 2. The lowest BCUT2D eigenvalue weighted by molar-refractivity contribution is -0.141. The Balaban J connectivity index is 1.49. The molecule has 0 bridgehead atoms. The first-order valence-electron chi connectivity index (χ1n) is 12.8. The lowest BCUT2D eigenvalue weighted by atomic mass is 9.56. The molecule has 6 atom stereocenters. The lowest BCUT2D eigenvalue weighted by Crippen LogP contribution is -2.60. The summed E-state index contributed by atoms with van der Waals surface area (Å²) in [6.45, 7) is 2.26. The number of phenols is 1. The Kier molecular flexibility index (Phi) is 6.13.